The number of nitrogens with zero attached hydrogens (tertiary/aromatic N) is 2. The molecule has 0 aliphatic carbocycles. The Morgan fingerprint density at radius 3 is 2.72 bits per heavy atom. The minimum Gasteiger partial charge on any atom is -0.448 e. The Balaban J connectivity index is 1.76. The minimum atomic E-state index is -0.991. The molecule has 0 aliphatic rings. The predicted molar refractivity (Wildman–Crippen MR) is 95.4 cm³/mol. The van der Waals surface area contributed by atoms with Gasteiger partial charge in [-0.05, 0) is 35.8 Å². The summed E-state index contributed by atoms with van der Waals surface area (Å²) in [4.78, 5) is 24.7. The van der Waals surface area contributed by atoms with Crippen LogP contribution in [0.1, 0.15) is 23.2 Å². The molecule has 0 aliphatic heterocycles. The van der Waals surface area contributed by atoms with Crippen LogP contribution in [-0.2, 0) is 16.6 Å². The zero-order valence-corrected chi connectivity index (χ0v) is 15.5. The average molecular weight is 406 g/mol. The number of nitrogens with one attached hydrogen (secondary N) is 1. The van der Waals surface area contributed by atoms with E-state index in [-0.39, 0.29) is 5.82 Å². The zero-order valence-electron chi connectivity index (χ0n) is 13.9. The van der Waals surface area contributed by atoms with Crippen molar-refractivity contribution in [3.8, 4) is 0 Å². The molecule has 130 valence electrons. The van der Waals surface area contributed by atoms with Gasteiger partial charge in [-0.2, -0.15) is 0 Å². The van der Waals surface area contributed by atoms with Crippen molar-refractivity contribution in [3.63, 3.8) is 0 Å². The number of esters is 1. The first-order chi connectivity index (χ1) is 11.9. The number of aryl methyl sites for hydroxylation is 2. The number of hydrogen-bond acceptors (Lipinski definition) is 5. The second-order valence-corrected chi connectivity index (χ2v) is 6.39. The monoisotopic (exact) mass is 405 g/mol. The molecule has 8 heteroatoms. The number of para-hydroxylation sites is 1. The van der Waals surface area contributed by atoms with Crippen LogP contribution in [0.25, 0.3) is 10.9 Å². The van der Waals surface area contributed by atoms with E-state index in [4.69, 9.17) is 9.26 Å². The van der Waals surface area contributed by atoms with E-state index < -0.39 is 18.0 Å². The highest BCUT2D eigenvalue weighted by molar-refractivity contribution is 9.10. The molecule has 2 heterocycles. The lowest BCUT2D eigenvalue weighted by Crippen LogP contribution is -2.30. The van der Waals surface area contributed by atoms with Crippen LogP contribution in [0.2, 0.25) is 0 Å². The van der Waals surface area contributed by atoms with Gasteiger partial charge in [-0.15, -0.1) is 0 Å². The molecule has 2 aromatic heterocycles. The van der Waals surface area contributed by atoms with Gasteiger partial charge in [0.1, 0.15) is 11.5 Å². The van der Waals surface area contributed by atoms with Crippen molar-refractivity contribution in [2.45, 2.75) is 20.0 Å². The lowest BCUT2D eigenvalue weighted by molar-refractivity contribution is -0.123. The van der Waals surface area contributed by atoms with Crippen LogP contribution < -0.4 is 5.32 Å². The van der Waals surface area contributed by atoms with E-state index >= 15 is 0 Å². The van der Waals surface area contributed by atoms with Crippen molar-refractivity contribution in [2.24, 2.45) is 7.05 Å². The van der Waals surface area contributed by atoms with Gasteiger partial charge in [0.05, 0.1) is 4.47 Å². The number of benzene rings is 1. The molecule has 25 heavy (non-hydrogen) atoms. The van der Waals surface area contributed by atoms with E-state index in [0.717, 1.165) is 10.9 Å². The Kier molecular flexibility index (Phi) is 4.63. The summed E-state index contributed by atoms with van der Waals surface area (Å²) in [5.41, 5.74) is 1.23. The Labute approximate surface area is 152 Å². The van der Waals surface area contributed by atoms with Gasteiger partial charge in [0.15, 0.2) is 11.9 Å². The SMILES string of the molecule is Cc1cc(NC(=O)[C@H](C)OC(=O)c2c(Br)c3ccccc3n2C)no1. The predicted octanol–water partition coefficient (Wildman–Crippen LogP) is 3.42. The van der Waals surface area contributed by atoms with Gasteiger partial charge in [0.25, 0.3) is 5.91 Å². The molecular weight excluding hydrogens is 390 g/mol. The third-order valence-corrected chi connectivity index (χ3v) is 4.57. The third-order valence-electron chi connectivity index (χ3n) is 3.77. The lowest BCUT2D eigenvalue weighted by atomic mass is 10.2. The summed E-state index contributed by atoms with van der Waals surface area (Å²) in [7, 11) is 1.77. The molecule has 7 nitrogen and oxygen atoms in total. The van der Waals surface area contributed by atoms with Crippen molar-refractivity contribution in [3.05, 3.63) is 46.3 Å². The molecule has 1 atom stereocenters. The van der Waals surface area contributed by atoms with Crippen molar-refractivity contribution in [1.29, 1.82) is 0 Å². The normalized spacial score (nSPS) is 12.2. The maximum Gasteiger partial charge on any atom is 0.356 e. The van der Waals surface area contributed by atoms with Crippen LogP contribution in [0.15, 0.2) is 39.3 Å². The number of hydrogen-bond donors (Lipinski definition) is 1. The van der Waals surface area contributed by atoms with E-state index in [9.17, 15) is 9.59 Å². The maximum absolute atomic E-state index is 12.5. The second-order valence-electron chi connectivity index (χ2n) is 5.60. The summed E-state index contributed by atoms with van der Waals surface area (Å²) in [6, 6.07) is 9.16. The first-order valence-electron chi connectivity index (χ1n) is 7.56. The van der Waals surface area contributed by atoms with Crippen molar-refractivity contribution >= 4 is 44.5 Å². The number of ether oxygens (including phenoxy) is 1. The van der Waals surface area contributed by atoms with Gasteiger partial charge in [-0.1, -0.05) is 23.4 Å². The molecule has 0 fully saturated rings. The van der Waals surface area contributed by atoms with Crippen LogP contribution in [0.5, 0.6) is 0 Å². The zero-order chi connectivity index (χ0) is 18.1. The second kappa shape index (κ2) is 6.72. The van der Waals surface area contributed by atoms with Gasteiger partial charge >= 0.3 is 5.97 Å². The number of amides is 1. The van der Waals surface area contributed by atoms with Crippen LogP contribution in [-0.4, -0.2) is 27.7 Å². The van der Waals surface area contributed by atoms with Gasteiger partial charge in [-0.3, -0.25) is 4.79 Å². The minimum absolute atomic E-state index is 0.274. The molecule has 1 aromatic carbocycles. The van der Waals surface area contributed by atoms with Crippen LogP contribution in [0.3, 0.4) is 0 Å². The molecule has 0 saturated heterocycles. The fourth-order valence-corrected chi connectivity index (χ4v) is 3.26. The highest BCUT2D eigenvalue weighted by atomic mass is 79.9. The number of carbonyl (C=O) groups is 2. The molecule has 0 radical (unpaired) electrons. The van der Waals surface area contributed by atoms with E-state index in [1.54, 1.807) is 24.6 Å². The van der Waals surface area contributed by atoms with Crippen LogP contribution in [0, 0.1) is 6.92 Å². The Hall–Kier alpha value is -2.61. The smallest absolute Gasteiger partial charge is 0.356 e. The van der Waals surface area contributed by atoms with Crippen molar-refractivity contribution in [2.75, 3.05) is 5.32 Å². The van der Waals surface area contributed by atoms with E-state index in [1.165, 1.54) is 6.92 Å². The summed E-state index contributed by atoms with van der Waals surface area (Å²) in [5.74, 6) is -0.239. The largest absolute Gasteiger partial charge is 0.448 e. The number of halogens is 1. The maximum atomic E-state index is 12.5. The number of anilines is 1. The average Bonchev–Trinajstić information content (AvgIpc) is 3.09. The van der Waals surface area contributed by atoms with E-state index in [1.807, 2.05) is 24.3 Å². The fourth-order valence-electron chi connectivity index (χ4n) is 2.50. The molecule has 3 aromatic rings. The van der Waals surface area contributed by atoms with Crippen molar-refractivity contribution in [1.82, 2.24) is 9.72 Å². The quantitative estimate of drug-likeness (QED) is 0.671. The summed E-state index contributed by atoms with van der Waals surface area (Å²) in [5, 5.41) is 7.10. The Morgan fingerprint density at radius 2 is 2.08 bits per heavy atom. The van der Waals surface area contributed by atoms with Gasteiger partial charge in [-0.25, -0.2) is 4.79 Å². The van der Waals surface area contributed by atoms with E-state index in [0.29, 0.717) is 15.9 Å². The standard InChI is InChI=1S/C17H16BrN3O4/c1-9-8-13(20-25-9)19-16(22)10(2)24-17(23)15-14(18)11-6-4-5-7-12(11)21(15)3/h4-8,10H,1-3H3,(H,19,20,22)/t10-/m0/s1. The summed E-state index contributed by atoms with van der Waals surface area (Å²) < 4.78 is 12.6. The van der Waals surface area contributed by atoms with Gasteiger partial charge in [0, 0.05) is 24.0 Å². The number of aromatic nitrogens is 2. The molecule has 3 rings (SSSR count). The molecule has 1 N–H and O–H groups in total. The molecule has 1 amide bonds. The Morgan fingerprint density at radius 1 is 1.36 bits per heavy atom. The van der Waals surface area contributed by atoms with Crippen LogP contribution in [0.4, 0.5) is 5.82 Å². The number of rotatable bonds is 4. The summed E-state index contributed by atoms with van der Waals surface area (Å²) >= 11 is 3.44. The Bertz CT molecular complexity index is 921. The topological polar surface area (TPSA) is 86.4 Å². The highest BCUT2D eigenvalue weighted by Gasteiger charge is 2.25. The van der Waals surface area contributed by atoms with Gasteiger partial charge < -0.3 is 19.1 Å². The molecule has 0 unspecified atom stereocenters. The molecule has 0 bridgehead atoms. The lowest BCUT2D eigenvalue weighted by Gasteiger charge is -2.13. The number of fused-ring (bicyclic) bond motifs is 1. The van der Waals surface area contributed by atoms with E-state index in [2.05, 4.69) is 26.4 Å². The molecule has 0 saturated carbocycles. The first-order valence-corrected chi connectivity index (χ1v) is 8.36. The molecular formula is C17H16BrN3O4. The van der Waals surface area contributed by atoms with Gasteiger partial charge in [0.2, 0.25) is 0 Å². The fraction of sp³-hybridized carbons (Fsp3) is 0.235. The molecule has 0 spiro atoms. The summed E-state index contributed by atoms with van der Waals surface area (Å²) in [6.45, 7) is 3.21. The first kappa shape index (κ1) is 17.2. The summed E-state index contributed by atoms with van der Waals surface area (Å²) in [6.07, 6.45) is -0.991. The third kappa shape index (κ3) is 3.30. The van der Waals surface area contributed by atoms with Crippen LogP contribution >= 0.6 is 15.9 Å². The van der Waals surface area contributed by atoms with Crippen molar-refractivity contribution < 1.29 is 18.8 Å². The number of carbonyl (C=O) groups excluding carboxylic acids is 2. The highest BCUT2D eigenvalue weighted by Crippen LogP contribution is 2.30.